The fraction of sp³-hybridized carbons (Fsp3) is 0.533. The number of primary amides is 1. The molecule has 1 amide bonds. The number of piperidine rings is 1. The summed E-state index contributed by atoms with van der Waals surface area (Å²) in [4.78, 5) is 28.7. The molecule has 0 atom stereocenters. The van der Waals surface area contributed by atoms with E-state index in [1.807, 2.05) is 0 Å². The van der Waals surface area contributed by atoms with Crippen LogP contribution in [0.25, 0.3) is 0 Å². The maximum atomic E-state index is 11.5. The molecule has 1 aromatic rings. The Labute approximate surface area is 129 Å². The standard InChI is InChI=1S/C15H22N4O3/c1-2-22-15(21)11-3-4-14(17-9-11)18-12-5-7-19(8-6-12)10-13(16)20/h3-4,9,12H,2,5-8,10H2,1H3,(H2,16,20)(H,17,18). The van der Waals surface area contributed by atoms with Crippen molar-refractivity contribution in [3.63, 3.8) is 0 Å². The summed E-state index contributed by atoms with van der Waals surface area (Å²) in [6.45, 7) is 4.11. The highest BCUT2D eigenvalue weighted by Crippen LogP contribution is 2.15. The topological polar surface area (TPSA) is 97.5 Å². The van der Waals surface area contributed by atoms with Gasteiger partial charge in [0.15, 0.2) is 0 Å². The van der Waals surface area contributed by atoms with Crippen molar-refractivity contribution in [1.82, 2.24) is 9.88 Å². The van der Waals surface area contributed by atoms with E-state index in [0.717, 1.165) is 31.7 Å². The van der Waals surface area contributed by atoms with Gasteiger partial charge in [0.1, 0.15) is 5.82 Å². The average Bonchev–Trinajstić information content (AvgIpc) is 2.50. The zero-order valence-corrected chi connectivity index (χ0v) is 12.7. The first-order valence-corrected chi connectivity index (χ1v) is 7.49. The lowest BCUT2D eigenvalue weighted by atomic mass is 10.1. The van der Waals surface area contributed by atoms with Gasteiger partial charge >= 0.3 is 5.97 Å². The lowest BCUT2D eigenvalue weighted by Gasteiger charge is -2.31. The second kappa shape index (κ2) is 7.74. The molecule has 120 valence electrons. The van der Waals surface area contributed by atoms with Gasteiger partial charge in [-0.1, -0.05) is 0 Å². The molecule has 0 spiro atoms. The molecule has 0 saturated carbocycles. The Balaban J connectivity index is 1.82. The van der Waals surface area contributed by atoms with Crippen LogP contribution in [0, 0.1) is 0 Å². The third-order valence-electron chi connectivity index (χ3n) is 3.59. The highest BCUT2D eigenvalue weighted by Gasteiger charge is 2.20. The van der Waals surface area contributed by atoms with Crippen molar-refractivity contribution in [3.8, 4) is 0 Å². The van der Waals surface area contributed by atoms with Crippen LogP contribution < -0.4 is 11.1 Å². The first-order valence-electron chi connectivity index (χ1n) is 7.49. The van der Waals surface area contributed by atoms with Gasteiger partial charge in [0, 0.05) is 25.3 Å². The second-order valence-corrected chi connectivity index (χ2v) is 5.31. The van der Waals surface area contributed by atoms with E-state index in [-0.39, 0.29) is 11.9 Å². The zero-order valence-electron chi connectivity index (χ0n) is 12.7. The minimum Gasteiger partial charge on any atom is -0.462 e. The normalized spacial score (nSPS) is 16.2. The number of ether oxygens (including phenoxy) is 1. The van der Waals surface area contributed by atoms with Gasteiger partial charge < -0.3 is 15.8 Å². The molecule has 2 rings (SSSR count). The monoisotopic (exact) mass is 306 g/mol. The molecule has 0 radical (unpaired) electrons. The van der Waals surface area contributed by atoms with E-state index in [4.69, 9.17) is 10.5 Å². The van der Waals surface area contributed by atoms with Crippen LogP contribution in [0.2, 0.25) is 0 Å². The molecule has 3 N–H and O–H groups in total. The number of anilines is 1. The smallest absolute Gasteiger partial charge is 0.339 e. The quantitative estimate of drug-likeness (QED) is 0.748. The Bertz CT molecular complexity index is 510. The van der Waals surface area contributed by atoms with Gasteiger partial charge in [-0.05, 0) is 31.9 Å². The SMILES string of the molecule is CCOC(=O)c1ccc(NC2CCN(CC(N)=O)CC2)nc1. The molecule has 1 saturated heterocycles. The molecule has 0 unspecified atom stereocenters. The van der Waals surface area contributed by atoms with Gasteiger partial charge in [-0.2, -0.15) is 0 Å². The Kier molecular flexibility index (Phi) is 5.71. The van der Waals surface area contributed by atoms with Crippen LogP contribution in [0.3, 0.4) is 0 Å². The number of likely N-dealkylation sites (tertiary alicyclic amines) is 1. The van der Waals surface area contributed by atoms with Gasteiger partial charge in [0.05, 0.1) is 18.7 Å². The lowest BCUT2D eigenvalue weighted by Crippen LogP contribution is -2.43. The van der Waals surface area contributed by atoms with Crippen LogP contribution >= 0.6 is 0 Å². The van der Waals surface area contributed by atoms with Crippen LogP contribution in [0.5, 0.6) is 0 Å². The summed E-state index contributed by atoms with van der Waals surface area (Å²) in [5.74, 6) is 0.0883. The highest BCUT2D eigenvalue weighted by molar-refractivity contribution is 5.89. The fourth-order valence-corrected chi connectivity index (χ4v) is 2.48. The van der Waals surface area contributed by atoms with Crippen LogP contribution in [0.4, 0.5) is 5.82 Å². The summed E-state index contributed by atoms with van der Waals surface area (Å²) < 4.78 is 4.92. The lowest BCUT2D eigenvalue weighted by molar-refractivity contribution is -0.119. The van der Waals surface area contributed by atoms with E-state index in [1.165, 1.54) is 6.20 Å². The van der Waals surface area contributed by atoms with Crippen molar-refractivity contribution in [3.05, 3.63) is 23.9 Å². The van der Waals surface area contributed by atoms with Gasteiger partial charge in [-0.25, -0.2) is 9.78 Å². The number of nitrogens with zero attached hydrogens (tertiary/aromatic N) is 2. The third-order valence-corrected chi connectivity index (χ3v) is 3.59. The van der Waals surface area contributed by atoms with Gasteiger partial charge in [0.25, 0.3) is 0 Å². The summed E-state index contributed by atoms with van der Waals surface area (Å²) in [6, 6.07) is 3.79. The number of pyridine rings is 1. The number of carbonyl (C=O) groups excluding carboxylic acids is 2. The van der Waals surface area contributed by atoms with E-state index in [0.29, 0.717) is 24.8 Å². The molecule has 0 aliphatic carbocycles. The number of nitrogens with two attached hydrogens (primary N) is 1. The molecule has 1 fully saturated rings. The highest BCUT2D eigenvalue weighted by atomic mass is 16.5. The number of amides is 1. The summed E-state index contributed by atoms with van der Waals surface area (Å²) in [6.07, 6.45) is 3.37. The molecule has 22 heavy (non-hydrogen) atoms. The second-order valence-electron chi connectivity index (χ2n) is 5.31. The molecule has 7 heteroatoms. The Morgan fingerprint density at radius 3 is 2.68 bits per heavy atom. The van der Waals surface area contributed by atoms with E-state index in [9.17, 15) is 9.59 Å². The number of nitrogens with one attached hydrogen (secondary N) is 1. The first-order chi connectivity index (χ1) is 10.6. The van der Waals surface area contributed by atoms with Crippen molar-refractivity contribution in [1.29, 1.82) is 0 Å². The number of rotatable bonds is 6. The molecule has 0 bridgehead atoms. The van der Waals surface area contributed by atoms with Crippen molar-refractivity contribution >= 4 is 17.7 Å². The van der Waals surface area contributed by atoms with Crippen LogP contribution in [0.15, 0.2) is 18.3 Å². The van der Waals surface area contributed by atoms with Crippen LogP contribution in [-0.2, 0) is 9.53 Å². The Hall–Kier alpha value is -2.15. The van der Waals surface area contributed by atoms with Crippen molar-refractivity contribution < 1.29 is 14.3 Å². The number of esters is 1. The van der Waals surface area contributed by atoms with Gasteiger partial charge in [-0.15, -0.1) is 0 Å². The summed E-state index contributed by atoms with van der Waals surface area (Å²) in [5.41, 5.74) is 5.65. The van der Waals surface area contributed by atoms with E-state index >= 15 is 0 Å². The number of aromatic nitrogens is 1. The van der Waals surface area contributed by atoms with E-state index in [2.05, 4.69) is 15.2 Å². The fourth-order valence-electron chi connectivity index (χ4n) is 2.48. The minimum absolute atomic E-state index is 0.289. The summed E-state index contributed by atoms with van der Waals surface area (Å²) in [7, 11) is 0. The first kappa shape index (κ1) is 16.2. The van der Waals surface area contributed by atoms with Gasteiger partial charge in [0.2, 0.25) is 5.91 Å². The average molecular weight is 306 g/mol. The van der Waals surface area contributed by atoms with E-state index in [1.54, 1.807) is 19.1 Å². The molecular weight excluding hydrogens is 284 g/mol. The van der Waals surface area contributed by atoms with Crippen molar-refractivity contribution in [2.24, 2.45) is 5.73 Å². The number of hydrogen-bond donors (Lipinski definition) is 2. The minimum atomic E-state index is -0.360. The van der Waals surface area contributed by atoms with Crippen molar-refractivity contribution in [2.45, 2.75) is 25.8 Å². The zero-order chi connectivity index (χ0) is 15.9. The van der Waals surface area contributed by atoms with Crippen molar-refractivity contribution in [2.75, 3.05) is 31.6 Å². The molecule has 1 aromatic heterocycles. The Morgan fingerprint density at radius 1 is 1.41 bits per heavy atom. The predicted molar refractivity (Wildman–Crippen MR) is 82.5 cm³/mol. The molecule has 7 nitrogen and oxygen atoms in total. The van der Waals surface area contributed by atoms with Crippen LogP contribution in [-0.4, -0.2) is 54.0 Å². The van der Waals surface area contributed by atoms with E-state index < -0.39 is 0 Å². The molecular formula is C15H22N4O3. The Morgan fingerprint density at radius 2 is 2.14 bits per heavy atom. The molecule has 1 aliphatic heterocycles. The molecule has 0 aromatic carbocycles. The van der Waals surface area contributed by atoms with Crippen LogP contribution in [0.1, 0.15) is 30.1 Å². The number of hydrogen-bond acceptors (Lipinski definition) is 6. The summed E-state index contributed by atoms with van der Waals surface area (Å²) in [5, 5.41) is 3.35. The third kappa shape index (κ3) is 4.70. The predicted octanol–water partition coefficient (Wildman–Crippen LogP) is 0.620. The molecule has 2 heterocycles. The maximum absolute atomic E-state index is 11.5. The van der Waals surface area contributed by atoms with Gasteiger partial charge in [-0.3, -0.25) is 9.69 Å². The summed E-state index contributed by atoms with van der Waals surface area (Å²) >= 11 is 0. The molecule has 1 aliphatic rings. The largest absolute Gasteiger partial charge is 0.462 e. The maximum Gasteiger partial charge on any atom is 0.339 e. The number of carbonyl (C=O) groups is 2.